The Morgan fingerprint density at radius 2 is 2.16 bits per heavy atom. The molecule has 19 heavy (non-hydrogen) atoms. The van der Waals surface area contributed by atoms with Crippen LogP contribution >= 0.6 is 11.6 Å². The Kier molecular flexibility index (Phi) is 3.59. The van der Waals surface area contributed by atoms with Crippen LogP contribution in [0.5, 0.6) is 11.5 Å². The van der Waals surface area contributed by atoms with Crippen molar-refractivity contribution in [1.29, 1.82) is 5.26 Å². The summed E-state index contributed by atoms with van der Waals surface area (Å²) in [7, 11) is 0. The van der Waals surface area contributed by atoms with E-state index in [2.05, 4.69) is 4.98 Å². The van der Waals surface area contributed by atoms with Gasteiger partial charge in [-0.3, -0.25) is 15.1 Å². The molecule has 0 saturated heterocycles. The number of hydrogen-bond acceptors (Lipinski definition) is 5. The second kappa shape index (κ2) is 5.33. The fourth-order valence-corrected chi connectivity index (χ4v) is 1.56. The number of pyridine rings is 1. The number of ether oxygens (including phenoxy) is 1. The first-order chi connectivity index (χ1) is 9.11. The fourth-order valence-electron chi connectivity index (χ4n) is 1.39. The van der Waals surface area contributed by atoms with Gasteiger partial charge in [-0.15, -0.1) is 0 Å². The minimum Gasteiger partial charge on any atom is -0.447 e. The molecule has 0 N–H and O–H groups in total. The number of hydrogen-bond donors (Lipinski definition) is 0. The molecule has 0 unspecified atom stereocenters. The third-order valence-corrected chi connectivity index (χ3v) is 2.48. The summed E-state index contributed by atoms with van der Waals surface area (Å²) in [6.07, 6.45) is 2.75. The van der Waals surface area contributed by atoms with Crippen LogP contribution in [0, 0.1) is 21.4 Å². The number of nitro groups is 1. The van der Waals surface area contributed by atoms with Gasteiger partial charge in [0.15, 0.2) is 5.75 Å². The number of nitrogens with zero attached hydrogens (tertiary/aromatic N) is 3. The van der Waals surface area contributed by atoms with Crippen LogP contribution in [0.4, 0.5) is 5.69 Å². The summed E-state index contributed by atoms with van der Waals surface area (Å²) < 4.78 is 5.36. The van der Waals surface area contributed by atoms with Crippen LogP contribution in [0.1, 0.15) is 5.56 Å². The van der Waals surface area contributed by atoms with Crippen molar-refractivity contribution >= 4 is 17.3 Å². The highest BCUT2D eigenvalue weighted by Gasteiger charge is 2.17. The summed E-state index contributed by atoms with van der Waals surface area (Å²) in [5.41, 5.74) is -0.0421. The van der Waals surface area contributed by atoms with Crippen molar-refractivity contribution in [3.63, 3.8) is 0 Å². The van der Waals surface area contributed by atoms with Gasteiger partial charge in [0.2, 0.25) is 5.75 Å². The van der Waals surface area contributed by atoms with Gasteiger partial charge in [-0.2, -0.15) is 5.26 Å². The predicted octanol–water partition coefficient (Wildman–Crippen LogP) is 3.31. The van der Waals surface area contributed by atoms with Crippen LogP contribution in [-0.2, 0) is 0 Å². The molecule has 0 aliphatic heterocycles. The van der Waals surface area contributed by atoms with Gasteiger partial charge in [-0.05, 0) is 18.2 Å². The SMILES string of the molecule is N#Cc1ccncc1Oc1ccc(Cl)cc1[N+](=O)[O-]. The van der Waals surface area contributed by atoms with Crippen molar-refractivity contribution in [2.75, 3.05) is 0 Å². The lowest BCUT2D eigenvalue weighted by Gasteiger charge is -2.07. The van der Waals surface area contributed by atoms with E-state index in [1.165, 1.54) is 36.7 Å². The fraction of sp³-hybridized carbons (Fsp3) is 0. The lowest BCUT2D eigenvalue weighted by atomic mass is 10.2. The van der Waals surface area contributed by atoms with E-state index in [1.54, 1.807) is 0 Å². The van der Waals surface area contributed by atoms with Gasteiger partial charge in [0.05, 0.1) is 16.7 Å². The van der Waals surface area contributed by atoms with E-state index in [0.717, 1.165) is 0 Å². The smallest absolute Gasteiger partial charge is 0.313 e. The Balaban J connectivity index is 2.44. The van der Waals surface area contributed by atoms with E-state index >= 15 is 0 Å². The maximum atomic E-state index is 10.9. The molecule has 94 valence electrons. The molecule has 1 aromatic heterocycles. The first-order valence-electron chi connectivity index (χ1n) is 5.07. The van der Waals surface area contributed by atoms with Gasteiger partial charge in [0, 0.05) is 17.3 Å². The zero-order valence-electron chi connectivity index (χ0n) is 9.41. The molecule has 7 heteroatoms. The molecule has 0 aliphatic carbocycles. The summed E-state index contributed by atoms with van der Waals surface area (Å²) in [6.45, 7) is 0. The van der Waals surface area contributed by atoms with E-state index in [9.17, 15) is 10.1 Å². The van der Waals surface area contributed by atoms with Crippen LogP contribution in [0.2, 0.25) is 5.02 Å². The Hall–Kier alpha value is -2.65. The third kappa shape index (κ3) is 2.78. The average Bonchev–Trinajstić information content (AvgIpc) is 2.41. The minimum absolute atomic E-state index is 0.00102. The van der Waals surface area contributed by atoms with Crippen molar-refractivity contribution in [3.05, 3.63) is 57.4 Å². The van der Waals surface area contributed by atoms with E-state index in [4.69, 9.17) is 21.6 Å². The lowest BCUT2D eigenvalue weighted by Crippen LogP contribution is -1.95. The molecule has 1 heterocycles. The lowest BCUT2D eigenvalue weighted by molar-refractivity contribution is -0.385. The number of aromatic nitrogens is 1. The van der Waals surface area contributed by atoms with Gasteiger partial charge in [0.25, 0.3) is 0 Å². The summed E-state index contributed by atoms with van der Waals surface area (Å²) in [6, 6.07) is 7.38. The molecule has 2 aromatic rings. The predicted molar refractivity (Wildman–Crippen MR) is 67.1 cm³/mol. The van der Waals surface area contributed by atoms with Gasteiger partial charge in [-0.1, -0.05) is 11.6 Å². The van der Waals surface area contributed by atoms with Crippen LogP contribution < -0.4 is 4.74 Å². The molecule has 6 nitrogen and oxygen atoms in total. The van der Waals surface area contributed by atoms with Gasteiger partial charge >= 0.3 is 5.69 Å². The highest BCUT2D eigenvalue weighted by atomic mass is 35.5. The number of rotatable bonds is 3. The molecule has 0 aliphatic rings. The largest absolute Gasteiger partial charge is 0.447 e. The number of benzene rings is 1. The topological polar surface area (TPSA) is 89.0 Å². The zero-order chi connectivity index (χ0) is 13.8. The Labute approximate surface area is 113 Å². The molecule has 0 saturated carbocycles. The molecule has 0 radical (unpaired) electrons. The van der Waals surface area contributed by atoms with Crippen molar-refractivity contribution in [2.24, 2.45) is 0 Å². The zero-order valence-corrected chi connectivity index (χ0v) is 10.2. The highest BCUT2D eigenvalue weighted by molar-refractivity contribution is 6.30. The standard InChI is InChI=1S/C12H6ClN3O3/c13-9-1-2-11(10(5-9)16(17)18)19-12-7-15-4-3-8(12)6-14/h1-5,7H. The summed E-state index contributed by atoms with van der Waals surface area (Å²) in [5, 5.41) is 20.0. The molecule has 0 bridgehead atoms. The van der Waals surface area contributed by atoms with Crippen LogP contribution in [0.25, 0.3) is 0 Å². The van der Waals surface area contributed by atoms with Gasteiger partial charge in [-0.25, -0.2) is 0 Å². The van der Waals surface area contributed by atoms with Crippen molar-refractivity contribution in [1.82, 2.24) is 4.98 Å². The molecular formula is C12H6ClN3O3. The van der Waals surface area contributed by atoms with E-state index < -0.39 is 4.92 Å². The molecule has 0 atom stereocenters. The normalized spacial score (nSPS) is 9.68. The van der Waals surface area contributed by atoms with E-state index in [1.807, 2.05) is 6.07 Å². The monoisotopic (exact) mass is 275 g/mol. The Morgan fingerprint density at radius 3 is 2.84 bits per heavy atom. The maximum Gasteiger partial charge on any atom is 0.313 e. The molecule has 0 fully saturated rings. The Morgan fingerprint density at radius 1 is 1.37 bits per heavy atom. The first-order valence-corrected chi connectivity index (χ1v) is 5.45. The second-order valence-electron chi connectivity index (χ2n) is 3.45. The third-order valence-electron chi connectivity index (χ3n) is 2.24. The number of nitriles is 1. The summed E-state index contributed by atoms with van der Waals surface area (Å²) in [4.78, 5) is 14.1. The molecule has 2 rings (SSSR count). The molecule has 0 amide bonds. The van der Waals surface area contributed by atoms with Crippen LogP contribution in [0.3, 0.4) is 0 Å². The van der Waals surface area contributed by atoms with Crippen LogP contribution in [0.15, 0.2) is 36.7 Å². The maximum absolute atomic E-state index is 10.9. The molecule has 1 aromatic carbocycles. The molecule has 0 spiro atoms. The van der Waals surface area contributed by atoms with Crippen molar-refractivity contribution < 1.29 is 9.66 Å². The van der Waals surface area contributed by atoms with Gasteiger partial charge in [0.1, 0.15) is 6.07 Å². The summed E-state index contributed by atoms with van der Waals surface area (Å²) >= 11 is 5.70. The van der Waals surface area contributed by atoms with E-state index in [0.29, 0.717) is 0 Å². The first kappa shape index (κ1) is 12.8. The quantitative estimate of drug-likeness (QED) is 0.633. The highest BCUT2D eigenvalue weighted by Crippen LogP contribution is 2.34. The van der Waals surface area contributed by atoms with Crippen molar-refractivity contribution in [3.8, 4) is 17.6 Å². The molecular weight excluding hydrogens is 270 g/mol. The van der Waals surface area contributed by atoms with E-state index in [-0.39, 0.29) is 27.8 Å². The minimum atomic E-state index is -0.608. The van der Waals surface area contributed by atoms with Crippen molar-refractivity contribution in [2.45, 2.75) is 0 Å². The number of nitro benzene ring substituents is 1. The average molecular weight is 276 g/mol. The van der Waals surface area contributed by atoms with Crippen LogP contribution in [-0.4, -0.2) is 9.91 Å². The van der Waals surface area contributed by atoms with Gasteiger partial charge < -0.3 is 4.74 Å². The Bertz CT molecular complexity index is 682. The summed E-state index contributed by atoms with van der Waals surface area (Å²) in [5.74, 6) is 0.148. The second-order valence-corrected chi connectivity index (χ2v) is 3.89. The number of halogens is 1.